The van der Waals surface area contributed by atoms with Gasteiger partial charge in [-0.05, 0) is 36.2 Å². The molecule has 0 aliphatic carbocycles. The number of hydrogen-bond donors (Lipinski definition) is 0. The van der Waals surface area contributed by atoms with Gasteiger partial charge in [-0.25, -0.2) is 9.18 Å². The number of carbonyl (C=O) groups excluding carboxylic acids is 5. The van der Waals surface area contributed by atoms with E-state index < -0.39 is 46.5 Å². The van der Waals surface area contributed by atoms with Crippen LogP contribution < -0.4 is 0 Å². The van der Waals surface area contributed by atoms with Gasteiger partial charge in [0.25, 0.3) is 23.6 Å². The van der Waals surface area contributed by atoms with E-state index in [1.54, 1.807) is 36.4 Å². The topological polar surface area (TPSA) is 91.8 Å². The summed E-state index contributed by atoms with van der Waals surface area (Å²) < 4.78 is 14.4. The fraction of sp³-hybridized carbons (Fsp3) is 0.115. The highest BCUT2D eigenvalue weighted by Gasteiger charge is 2.61. The van der Waals surface area contributed by atoms with E-state index >= 15 is 0 Å². The lowest BCUT2D eigenvalue weighted by Crippen LogP contribution is -2.69. The number of rotatable bonds is 4. The van der Waals surface area contributed by atoms with Crippen molar-refractivity contribution in [3.63, 3.8) is 0 Å². The Morgan fingerprint density at radius 3 is 1.79 bits per heavy atom. The first-order chi connectivity index (χ1) is 16.3. The Hall–Kier alpha value is -4.46. The second-order valence-electron chi connectivity index (χ2n) is 7.64. The molecular weight excluding hydrogens is 439 g/mol. The third-order valence-corrected chi connectivity index (χ3v) is 5.85. The molecule has 0 unspecified atom stereocenters. The molecule has 0 bridgehead atoms. The molecule has 0 aromatic heterocycles. The van der Waals surface area contributed by atoms with Crippen LogP contribution in [-0.4, -0.2) is 39.5 Å². The van der Waals surface area contributed by atoms with Crippen molar-refractivity contribution in [2.45, 2.75) is 18.8 Å². The summed E-state index contributed by atoms with van der Waals surface area (Å²) in [6, 6.07) is 18.8. The summed E-state index contributed by atoms with van der Waals surface area (Å²) in [6.07, 6.45) is -0.151. The van der Waals surface area contributed by atoms with Gasteiger partial charge < -0.3 is 0 Å². The predicted molar refractivity (Wildman–Crippen MR) is 119 cm³/mol. The van der Waals surface area contributed by atoms with Gasteiger partial charge in [0.15, 0.2) is 5.41 Å². The molecule has 1 aliphatic rings. The van der Waals surface area contributed by atoms with E-state index in [2.05, 4.69) is 0 Å². The third kappa shape index (κ3) is 3.40. The molecule has 0 N–H and O–H groups in total. The number of carbonyl (C=O) groups is 5. The standard InChI is InChI=1S/C26H19FN2O5/c1-2-26(18-13-7-4-8-14-18)23(32)28(21(30)17-11-5-3-6-12-17)25(34)29(24(26)33)22(31)19-15-9-10-16-20(19)27/h3-16H,2H2,1H3/t26-/m0/s1. The van der Waals surface area contributed by atoms with Crippen molar-refractivity contribution < 1.29 is 28.4 Å². The summed E-state index contributed by atoms with van der Waals surface area (Å²) in [5, 5.41) is 0. The molecule has 8 heteroatoms. The van der Waals surface area contributed by atoms with Crippen molar-refractivity contribution in [1.29, 1.82) is 0 Å². The fourth-order valence-electron chi connectivity index (χ4n) is 4.05. The van der Waals surface area contributed by atoms with E-state index in [9.17, 15) is 28.4 Å². The van der Waals surface area contributed by atoms with Gasteiger partial charge in [0.05, 0.1) is 5.56 Å². The number of urea groups is 1. The lowest BCUT2D eigenvalue weighted by molar-refractivity contribution is -0.148. The largest absolute Gasteiger partial charge is 0.347 e. The van der Waals surface area contributed by atoms with Crippen LogP contribution in [-0.2, 0) is 15.0 Å². The highest BCUT2D eigenvalue weighted by atomic mass is 19.1. The van der Waals surface area contributed by atoms with Crippen LogP contribution in [0.15, 0.2) is 84.9 Å². The normalized spacial score (nSPS) is 18.2. The Kier molecular flexibility index (Phi) is 5.89. The van der Waals surface area contributed by atoms with Crippen molar-refractivity contribution in [2.24, 2.45) is 0 Å². The Morgan fingerprint density at radius 1 is 0.735 bits per heavy atom. The van der Waals surface area contributed by atoms with Crippen LogP contribution >= 0.6 is 0 Å². The smallest absolute Gasteiger partial charge is 0.272 e. The fourth-order valence-corrected chi connectivity index (χ4v) is 4.05. The minimum Gasteiger partial charge on any atom is -0.272 e. The van der Waals surface area contributed by atoms with Crippen LogP contribution in [0.3, 0.4) is 0 Å². The molecule has 3 aromatic rings. The zero-order valence-corrected chi connectivity index (χ0v) is 18.1. The van der Waals surface area contributed by atoms with E-state index in [0.29, 0.717) is 4.90 Å². The Morgan fingerprint density at radius 2 is 1.24 bits per heavy atom. The van der Waals surface area contributed by atoms with E-state index in [1.165, 1.54) is 43.3 Å². The molecule has 1 aliphatic heterocycles. The van der Waals surface area contributed by atoms with Crippen LogP contribution in [0, 0.1) is 5.82 Å². The van der Waals surface area contributed by atoms with Gasteiger partial charge in [-0.2, -0.15) is 9.80 Å². The SMILES string of the molecule is CC[C@]1(c2ccccc2)C(=O)N(C(=O)c2ccccc2)C(=O)N(C(=O)c2ccccc2F)C1=O. The molecule has 170 valence electrons. The first kappa shape index (κ1) is 22.7. The number of imide groups is 6. The van der Waals surface area contributed by atoms with Crippen LogP contribution in [0.5, 0.6) is 0 Å². The molecule has 6 amide bonds. The monoisotopic (exact) mass is 458 g/mol. The van der Waals surface area contributed by atoms with Gasteiger partial charge in [-0.15, -0.1) is 0 Å². The molecule has 1 saturated heterocycles. The van der Waals surface area contributed by atoms with Crippen LogP contribution in [0.1, 0.15) is 39.6 Å². The summed E-state index contributed by atoms with van der Waals surface area (Å²) >= 11 is 0. The summed E-state index contributed by atoms with van der Waals surface area (Å²) in [4.78, 5) is 67.9. The lowest BCUT2D eigenvalue weighted by Gasteiger charge is -2.42. The Labute approximate surface area is 194 Å². The molecule has 34 heavy (non-hydrogen) atoms. The lowest BCUT2D eigenvalue weighted by atomic mass is 9.74. The minimum atomic E-state index is -2.04. The zero-order valence-electron chi connectivity index (χ0n) is 18.1. The Bertz CT molecular complexity index is 1310. The molecule has 1 fully saturated rings. The minimum absolute atomic E-state index is 0.00917. The second-order valence-corrected chi connectivity index (χ2v) is 7.64. The molecule has 7 nitrogen and oxygen atoms in total. The average Bonchev–Trinajstić information content (AvgIpc) is 2.86. The van der Waals surface area contributed by atoms with Gasteiger partial charge in [0.1, 0.15) is 5.82 Å². The van der Waals surface area contributed by atoms with Crippen molar-refractivity contribution in [3.05, 3.63) is 107 Å². The van der Waals surface area contributed by atoms with Crippen molar-refractivity contribution >= 4 is 29.7 Å². The molecule has 1 atom stereocenters. The van der Waals surface area contributed by atoms with Gasteiger partial charge in [-0.3, -0.25) is 19.2 Å². The first-order valence-corrected chi connectivity index (χ1v) is 10.5. The molecule has 0 radical (unpaired) electrons. The average molecular weight is 458 g/mol. The van der Waals surface area contributed by atoms with Gasteiger partial charge in [0, 0.05) is 5.56 Å². The van der Waals surface area contributed by atoms with Gasteiger partial charge >= 0.3 is 6.03 Å². The third-order valence-electron chi connectivity index (χ3n) is 5.85. The predicted octanol–water partition coefficient (Wildman–Crippen LogP) is 3.95. The first-order valence-electron chi connectivity index (χ1n) is 10.5. The number of nitrogens with zero attached hydrogens (tertiary/aromatic N) is 2. The molecule has 1 heterocycles. The van der Waals surface area contributed by atoms with Crippen molar-refractivity contribution in [3.8, 4) is 0 Å². The van der Waals surface area contributed by atoms with Crippen molar-refractivity contribution in [1.82, 2.24) is 9.80 Å². The van der Waals surface area contributed by atoms with E-state index in [0.717, 1.165) is 12.1 Å². The van der Waals surface area contributed by atoms with Crippen LogP contribution in [0.4, 0.5) is 9.18 Å². The maximum Gasteiger partial charge on any atom is 0.347 e. The summed E-state index contributed by atoms with van der Waals surface area (Å²) in [5.41, 5.74) is -2.36. The maximum atomic E-state index is 14.4. The van der Waals surface area contributed by atoms with Gasteiger partial charge in [-0.1, -0.05) is 67.6 Å². The van der Waals surface area contributed by atoms with Crippen LogP contribution in [0.2, 0.25) is 0 Å². The van der Waals surface area contributed by atoms with E-state index in [-0.39, 0.29) is 22.4 Å². The number of benzene rings is 3. The quantitative estimate of drug-likeness (QED) is 0.436. The molecule has 0 spiro atoms. The highest BCUT2D eigenvalue weighted by molar-refractivity contribution is 6.35. The zero-order chi connectivity index (χ0) is 24.5. The van der Waals surface area contributed by atoms with E-state index in [4.69, 9.17) is 0 Å². The molecule has 4 rings (SSSR count). The number of amides is 6. The summed E-state index contributed by atoms with van der Waals surface area (Å²) in [7, 11) is 0. The van der Waals surface area contributed by atoms with Crippen LogP contribution in [0.25, 0.3) is 0 Å². The molecule has 3 aromatic carbocycles. The molecule has 0 saturated carbocycles. The highest BCUT2D eigenvalue weighted by Crippen LogP contribution is 2.38. The van der Waals surface area contributed by atoms with Gasteiger partial charge in [0.2, 0.25) is 0 Å². The summed E-state index contributed by atoms with van der Waals surface area (Å²) in [5.74, 6) is -5.42. The Balaban J connectivity index is 1.93. The number of halogens is 1. The molecular formula is C26H19FN2O5. The second kappa shape index (κ2) is 8.82. The number of hydrogen-bond acceptors (Lipinski definition) is 5. The van der Waals surface area contributed by atoms with Crippen molar-refractivity contribution in [2.75, 3.05) is 0 Å². The maximum absolute atomic E-state index is 14.4. The summed E-state index contributed by atoms with van der Waals surface area (Å²) in [6.45, 7) is 1.54. The number of barbiturate groups is 1. The van der Waals surface area contributed by atoms with E-state index in [1.807, 2.05) is 0 Å².